The molecule has 3 rings (SSSR count). The van der Waals surface area contributed by atoms with E-state index in [4.69, 9.17) is 21.1 Å². The zero-order chi connectivity index (χ0) is 22.4. The molecule has 2 N–H and O–H groups in total. The molecule has 31 heavy (non-hydrogen) atoms. The van der Waals surface area contributed by atoms with Crippen molar-refractivity contribution in [2.45, 2.75) is 20.5 Å². The van der Waals surface area contributed by atoms with E-state index in [1.54, 1.807) is 7.11 Å². The van der Waals surface area contributed by atoms with Gasteiger partial charge >= 0.3 is 0 Å². The van der Waals surface area contributed by atoms with Crippen LogP contribution < -0.4 is 14.9 Å². The molecular formula is C24H23ClN2O4. The van der Waals surface area contributed by atoms with Gasteiger partial charge in [0.1, 0.15) is 23.9 Å². The Kier molecular flexibility index (Phi) is 7.15. The normalized spacial score (nSPS) is 10.8. The lowest BCUT2D eigenvalue weighted by Crippen LogP contribution is -2.17. The fourth-order valence-electron chi connectivity index (χ4n) is 2.98. The van der Waals surface area contributed by atoms with Crippen LogP contribution >= 0.6 is 11.6 Å². The standard InChI is InChI=1S/C24H23ClN2O4/c1-15-10-21(11-16(2)23(15)25)31-14-19-12-17(4-9-22(19)30-3)13-26-27-24(29)18-5-7-20(28)8-6-18/h4-13,28H,14H2,1-3H3,(H,27,29)/b26-13-. The Hall–Kier alpha value is -3.51. The van der Waals surface area contributed by atoms with Crippen molar-refractivity contribution in [3.63, 3.8) is 0 Å². The summed E-state index contributed by atoms with van der Waals surface area (Å²) < 4.78 is 11.4. The second-order valence-corrected chi connectivity index (χ2v) is 7.35. The third kappa shape index (κ3) is 5.77. The molecule has 0 saturated heterocycles. The number of hydrazone groups is 1. The highest BCUT2D eigenvalue weighted by molar-refractivity contribution is 6.32. The van der Waals surface area contributed by atoms with Gasteiger partial charge in [-0.1, -0.05) is 11.6 Å². The molecule has 7 heteroatoms. The molecule has 0 radical (unpaired) electrons. The average Bonchev–Trinajstić information content (AvgIpc) is 2.76. The minimum absolute atomic E-state index is 0.0944. The summed E-state index contributed by atoms with van der Waals surface area (Å²) in [6.45, 7) is 4.17. The summed E-state index contributed by atoms with van der Waals surface area (Å²) in [5.74, 6) is 1.13. The van der Waals surface area contributed by atoms with Crippen molar-refractivity contribution in [1.82, 2.24) is 5.43 Å². The molecule has 0 fully saturated rings. The molecule has 0 aliphatic rings. The molecule has 160 valence electrons. The van der Waals surface area contributed by atoms with Crippen LogP contribution in [0.15, 0.2) is 59.7 Å². The van der Waals surface area contributed by atoms with Gasteiger partial charge < -0.3 is 14.6 Å². The third-order valence-electron chi connectivity index (χ3n) is 4.62. The number of halogens is 1. The summed E-state index contributed by atoms with van der Waals surface area (Å²) in [5, 5.41) is 14.0. The zero-order valence-corrected chi connectivity index (χ0v) is 18.2. The zero-order valence-electron chi connectivity index (χ0n) is 17.5. The van der Waals surface area contributed by atoms with Gasteiger partial charge in [-0.05, 0) is 85.1 Å². The molecular weight excluding hydrogens is 416 g/mol. The molecule has 3 aromatic carbocycles. The lowest BCUT2D eigenvalue weighted by Gasteiger charge is -2.13. The molecule has 0 bridgehead atoms. The fourth-order valence-corrected chi connectivity index (χ4v) is 3.09. The highest BCUT2D eigenvalue weighted by atomic mass is 35.5. The summed E-state index contributed by atoms with van der Waals surface area (Å²) in [6, 6.07) is 15.2. The van der Waals surface area contributed by atoms with Crippen LogP contribution in [-0.2, 0) is 6.61 Å². The number of nitrogens with zero attached hydrogens (tertiary/aromatic N) is 1. The number of methoxy groups -OCH3 is 1. The van der Waals surface area contributed by atoms with Gasteiger partial charge in [0.15, 0.2) is 0 Å². The van der Waals surface area contributed by atoms with E-state index in [2.05, 4.69) is 10.5 Å². The maximum Gasteiger partial charge on any atom is 0.271 e. The van der Waals surface area contributed by atoms with Gasteiger partial charge in [-0.2, -0.15) is 5.10 Å². The van der Waals surface area contributed by atoms with Crippen LogP contribution in [0.5, 0.6) is 17.2 Å². The Bertz CT molecular complexity index is 1090. The number of aryl methyl sites for hydroxylation is 2. The first kappa shape index (κ1) is 22.2. The van der Waals surface area contributed by atoms with Crippen molar-refractivity contribution in [1.29, 1.82) is 0 Å². The largest absolute Gasteiger partial charge is 0.508 e. The summed E-state index contributed by atoms with van der Waals surface area (Å²) in [6.07, 6.45) is 1.54. The Morgan fingerprint density at radius 1 is 1.10 bits per heavy atom. The number of amides is 1. The van der Waals surface area contributed by atoms with E-state index in [-0.39, 0.29) is 11.7 Å². The Labute approximate surface area is 186 Å². The van der Waals surface area contributed by atoms with Crippen molar-refractivity contribution in [3.05, 3.63) is 87.4 Å². The predicted octanol–water partition coefficient (Wildman–Crippen LogP) is 5.01. The molecule has 1 amide bonds. The van der Waals surface area contributed by atoms with Crippen molar-refractivity contribution >= 4 is 23.7 Å². The van der Waals surface area contributed by atoms with Crippen LogP contribution in [0.1, 0.15) is 32.6 Å². The number of phenolic OH excluding ortho intramolecular Hbond substituents is 1. The number of ether oxygens (including phenoxy) is 2. The summed E-state index contributed by atoms with van der Waals surface area (Å²) >= 11 is 6.22. The number of phenols is 1. The molecule has 0 spiro atoms. The van der Waals surface area contributed by atoms with Crippen molar-refractivity contribution in [2.75, 3.05) is 7.11 Å². The molecule has 6 nitrogen and oxygen atoms in total. The Balaban J connectivity index is 1.69. The first-order valence-electron chi connectivity index (χ1n) is 9.56. The topological polar surface area (TPSA) is 80.2 Å². The molecule has 0 aliphatic carbocycles. The van der Waals surface area contributed by atoms with Gasteiger partial charge in [-0.25, -0.2) is 5.43 Å². The van der Waals surface area contributed by atoms with Gasteiger partial charge in [0.2, 0.25) is 0 Å². The quantitative estimate of drug-likeness (QED) is 0.401. The molecule has 3 aromatic rings. The smallest absolute Gasteiger partial charge is 0.271 e. The minimum Gasteiger partial charge on any atom is -0.508 e. The van der Waals surface area contributed by atoms with Gasteiger partial charge in [-0.3, -0.25) is 4.79 Å². The Morgan fingerprint density at radius 3 is 2.42 bits per heavy atom. The van der Waals surface area contributed by atoms with Crippen molar-refractivity contribution < 1.29 is 19.4 Å². The predicted molar refractivity (Wildman–Crippen MR) is 121 cm³/mol. The SMILES string of the molecule is COc1ccc(/C=N\NC(=O)c2ccc(O)cc2)cc1COc1cc(C)c(Cl)c(C)c1. The second-order valence-electron chi connectivity index (χ2n) is 6.98. The maximum atomic E-state index is 12.1. The molecule has 0 atom stereocenters. The first-order valence-corrected chi connectivity index (χ1v) is 9.94. The van der Waals surface area contributed by atoms with Crippen LogP contribution in [-0.4, -0.2) is 24.3 Å². The van der Waals surface area contributed by atoms with Crippen LogP contribution in [0, 0.1) is 13.8 Å². The van der Waals surface area contributed by atoms with E-state index in [0.717, 1.165) is 33.0 Å². The number of aromatic hydroxyl groups is 1. The van der Waals surface area contributed by atoms with Crippen LogP contribution in [0.3, 0.4) is 0 Å². The number of hydrogen-bond donors (Lipinski definition) is 2. The van der Waals surface area contributed by atoms with E-state index in [1.165, 1.54) is 30.5 Å². The van der Waals surface area contributed by atoms with Crippen molar-refractivity contribution in [2.24, 2.45) is 5.10 Å². The van der Waals surface area contributed by atoms with Gasteiger partial charge in [-0.15, -0.1) is 0 Å². The molecule has 0 heterocycles. The van der Waals surface area contributed by atoms with E-state index >= 15 is 0 Å². The highest BCUT2D eigenvalue weighted by Crippen LogP contribution is 2.27. The summed E-state index contributed by atoms with van der Waals surface area (Å²) in [5.41, 5.74) is 6.37. The van der Waals surface area contributed by atoms with E-state index in [9.17, 15) is 9.90 Å². The molecule has 0 unspecified atom stereocenters. The van der Waals surface area contributed by atoms with E-state index < -0.39 is 0 Å². The molecule has 0 aromatic heterocycles. The number of benzene rings is 3. The maximum absolute atomic E-state index is 12.1. The van der Waals surface area contributed by atoms with Crippen LogP contribution in [0.4, 0.5) is 0 Å². The summed E-state index contributed by atoms with van der Waals surface area (Å²) in [7, 11) is 1.60. The Morgan fingerprint density at radius 2 is 1.77 bits per heavy atom. The number of carbonyl (C=O) groups is 1. The van der Waals surface area contributed by atoms with E-state index in [1.807, 2.05) is 44.2 Å². The fraction of sp³-hybridized carbons (Fsp3) is 0.167. The van der Waals surface area contributed by atoms with Crippen LogP contribution in [0.2, 0.25) is 5.02 Å². The summed E-state index contributed by atoms with van der Waals surface area (Å²) in [4.78, 5) is 12.1. The average molecular weight is 439 g/mol. The number of carbonyl (C=O) groups excluding carboxylic acids is 1. The highest BCUT2D eigenvalue weighted by Gasteiger charge is 2.08. The third-order valence-corrected chi connectivity index (χ3v) is 5.21. The number of nitrogens with one attached hydrogen (secondary N) is 1. The number of hydrogen-bond acceptors (Lipinski definition) is 5. The lowest BCUT2D eigenvalue weighted by atomic mass is 10.1. The second kappa shape index (κ2) is 10.00. The minimum atomic E-state index is -0.373. The van der Waals surface area contributed by atoms with Gasteiger partial charge in [0.25, 0.3) is 5.91 Å². The molecule has 0 saturated carbocycles. The van der Waals surface area contributed by atoms with Gasteiger partial charge in [0, 0.05) is 16.1 Å². The van der Waals surface area contributed by atoms with E-state index in [0.29, 0.717) is 17.9 Å². The molecule has 0 aliphatic heterocycles. The monoisotopic (exact) mass is 438 g/mol. The van der Waals surface area contributed by atoms with Gasteiger partial charge in [0.05, 0.1) is 13.3 Å². The lowest BCUT2D eigenvalue weighted by molar-refractivity contribution is 0.0955. The first-order chi connectivity index (χ1) is 14.9. The number of rotatable bonds is 7. The van der Waals surface area contributed by atoms with Crippen LogP contribution in [0.25, 0.3) is 0 Å². The van der Waals surface area contributed by atoms with Crippen molar-refractivity contribution in [3.8, 4) is 17.2 Å².